The first-order chi connectivity index (χ1) is 9.58. The number of aliphatic hydroxyl groups is 1. The Morgan fingerprint density at radius 1 is 1.60 bits per heavy atom. The molecule has 0 unspecified atom stereocenters. The first-order valence-electron chi connectivity index (χ1n) is 6.26. The van der Waals surface area contributed by atoms with Gasteiger partial charge < -0.3 is 15.6 Å². The zero-order valence-electron chi connectivity index (χ0n) is 11.0. The fourth-order valence-electron chi connectivity index (χ4n) is 2.54. The van der Waals surface area contributed by atoms with Crippen molar-refractivity contribution in [2.75, 3.05) is 12.3 Å². The second-order valence-electron chi connectivity index (χ2n) is 5.18. The molecule has 0 spiro atoms. The van der Waals surface area contributed by atoms with Crippen molar-refractivity contribution in [2.24, 2.45) is 5.92 Å². The van der Waals surface area contributed by atoms with Crippen LogP contribution < -0.4 is 5.73 Å². The number of nitrogen functional groups attached to an aromatic ring is 1. The molecule has 1 aliphatic heterocycles. The molecule has 0 saturated carbocycles. The lowest BCUT2D eigenvalue weighted by molar-refractivity contribution is -0.0883. The van der Waals surface area contributed by atoms with E-state index in [4.69, 9.17) is 16.9 Å². The van der Waals surface area contributed by atoms with Gasteiger partial charge in [-0.2, -0.15) is 0 Å². The second kappa shape index (κ2) is 4.44. The number of nitrogens with zero attached hydrogens (tertiary/aromatic N) is 4. The molecule has 3 N–H and O–H groups in total. The summed E-state index contributed by atoms with van der Waals surface area (Å²) < 4.78 is 7.67. The largest absolute Gasteiger partial charge is 0.393 e. The number of fused-ring (bicyclic) bond motifs is 1. The third kappa shape index (κ3) is 1.81. The number of ether oxygens (including phenoxy) is 1. The van der Waals surface area contributed by atoms with E-state index in [-0.39, 0.29) is 12.5 Å². The van der Waals surface area contributed by atoms with E-state index in [2.05, 4.69) is 20.9 Å². The third-order valence-corrected chi connectivity index (χ3v) is 3.61. The molecule has 3 atom stereocenters. The molecule has 2 aromatic heterocycles. The van der Waals surface area contributed by atoms with Gasteiger partial charge in [-0.1, -0.05) is 5.92 Å². The lowest BCUT2D eigenvalue weighted by Gasteiger charge is -2.22. The molecule has 0 amide bonds. The van der Waals surface area contributed by atoms with Crippen LogP contribution in [0.4, 0.5) is 5.82 Å². The molecule has 2 aromatic rings. The van der Waals surface area contributed by atoms with Crippen LogP contribution in [0.25, 0.3) is 11.2 Å². The number of rotatable bonds is 2. The Kier molecular flexibility index (Phi) is 2.85. The van der Waals surface area contributed by atoms with E-state index in [0.29, 0.717) is 23.4 Å². The van der Waals surface area contributed by atoms with Crippen LogP contribution in [-0.4, -0.2) is 36.8 Å². The minimum absolute atomic E-state index is 0.0918. The maximum atomic E-state index is 9.45. The zero-order valence-corrected chi connectivity index (χ0v) is 11.0. The highest BCUT2D eigenvalue weighted by molar-refractivity contribution is 5.81. The second-order valence-corrected chi connectivity index (χ2v) is 5.18. The molecule has 0 aliphatic carbocycles. The first-order valence-corrected chi connectivity index (χ1v) is 6.26. The lowest BCUT2D eigenvalue weighted by atomic mass is 9.96. The van der Waals surface area contributed by atoms with E-state index in [1.165, 1.54) is 6.33 Å². The predicted octanol–water partition coefficient (Wildman–Crippen LogP) is 0.328. The van der Waals surface area contributed by atoms with Crippen LogP contribution in [-0.2, 0) is 4.74 Å². The Balaban J connectivity index is 2.07. The Morgan fingerprint density at radius 2 is 2.40 bits per heavy atom. The molecule has 7 heteroatoms. The van der Waals surface area contributed by atoms with Crippen molar-refractivity contribution in [2.45, 2.75) is 25.2 Å². The fourth-order valence-corrected chi connectivity index (χ4v) is 2.54. The van der Waals surface area contributed by atoms with Gasteiger partial charge in [-0.3, -0.25) is 4.57 Å². The third-order valence-electron chi connectivity index (χ3n) is 3.61. The summed E-state index contributed by atoms with van der Waals surface area (Å²) in [6.45, 7) is 1.74. The number of hydrogen-bond acceptors (Lipinski definition) is 6. The Labute approximate surface area is 115 Å². The molecule has 1 aliphatic rings. The van der Waals surface area contributed by atoms with E-state index in [1.807, 2.05) is 6.92 Å². The van der Waals surface area contributed by atoms with Gasteiger partial charge in [0.05, 0.1) is 24.5 Å². The Hall–Kier alpha value is -2.17. The van der Waals surface area contributed by atoms with Gasteiger partial charge in [0.1, 0.15) is 11.8 Å². The topological polar surface area (TPSA) is 99.1 Å². The number of anilines is 1. The summed E-state index contributed by atoms with van der Waals surface area (Å²) in [4.78, 5) is 12.3. The summed E-state index contributed by atoms with van der Waals surface area (Å²) in [5.74, 6) is 2.86. The van der Waals surface area contributed by atoms with Crippen molar-refractivity contribution in [3.8, 4) is 12.3 Å². The van der Waals surface area contributed by atoms with Gasteiger partial charge in [-0.15, -0.1) is 6.42 Å². The van der Waals surface area contributed by atoms with Crippen LogP contribution in [0.3, 0.4) is 0 Å². The number of hydrogen-bond donors (Lipinski definition) is 2. The highest BCUT2D eigenvalue weighted by Gasteiger charge is 2.43. The van der Waals surface area contributed by atoms with Crippen molar-refractivity contribution in [3.63, 3.8) is 0 Å². The quantitative estimate of drug-likeness (QED) is 0.765. The standard InChI is InChI=1S/C13H15N5O2/c1-3-8-4-13(2,5-19)20-12(8)18-7-17-9-10(14)15-6-16-11(9)18/h1,6-8,12,19H,4-5H2,2H3,(H2,14,15,16)/t8-,12+,13-/m0/s1. The summed E-state index contributed by atoms with van der Waals surface area (Å²) in [6.07, 6.45) is 8.70. The van der Waals surface area contributed by atoms with Gasteiger partial charge in [0.25, 0.3) is 0 Å². The number of imidazole rings is 1. The number of terminal acetylenes is 1. The molecule has 104 valence electrons. The highest BCUT2D eigenvalue weighted by Crippen LogP contribution is 2.41. The molecule has 1 saturated heterocycles. The van der Waals surface area contributed by atoms with Crippen LogP contribution in [0.2, 0.25) is 0 Å². The number of aliphatic hydroxyl groups excluding tert-OH is 1. The molecular formula is C13H15N5O2. The van der Waals surface area contributed by atoms with Crippen LogP contribution in [0.5, 0.6) is 0 Å². The maximum absolute atomic E-state index is 9.45. The van der Waals surface area contributed by atoms with Crippen molar-refractivity contribution in [1.82, 2.24) is 19.5 Å². The van der Waals surface area contributed by atoms with E-state index < -0.39 is 11.8 Å². The first kappa shape index (κ1) is 12.8. The predicted molar refractivity (Wildman–Crippen MR) is 72.3 cm³/mol. The van der Waals surface area contributed by atoms with E-state index in [9.17, 15) is 5.11 Å². The average molecular weight is 273 g/mol. The Bertz CT molecular complexity index is 692. The Morgan fingerprint density at radius 3 is 3.10 bits per heavy atom. The van der Waals surface area contributed by atoms with Gasteiger partial charge in [-0.25, -0.2) is 15.0 Å². The molecule has 3 heterocycles. The maximum Gasteiger partial charge on any atom is 0.167 e. The lowest BCUT2D eigenvalue weighted by Crippen LogP contribution is -2.28. The number of aromatic nitrogens is 4. The minimum Gasteiger partial charge on any atom is -0.393 e. The average Bonchev–Trinajstić information content (AvgIpc) is 3.01. The van der Waals surface area contributed by atoms with Gasteiger partial charge >= 0.3 is 0 Å². The van der Waals surface area contributed by atoms with Crippen molar-refractivity contribution in [1.29, 1.82) is 0 Å². The molecule has 1 fully saturated rings. The van der Waals surface area contributed by atoms with Crippen LogP contribution in [0.15, 0.2) is 12.7 Å². The molecule has 0 bridgehead atoms. The van der Waals surface area contributed by atoms with Gasteiger partial charge in [0.15, 0.2) is 17.7 Å². The highest BCUT2D eigenvalue weighted by atomic mass is 16.5. The summed E-state index contributed by atoms with van der Waals surface area (Å²) in [5, 5.41) is 9.45. The molecule has 20 heavy (non-hydrogen) atoms. The fraction of sp³-hybridized carbons (Fsp3) is 0.462. The summed E-state index contributed by atoms with van der Waals surface area (Å²) >= 11 is 0. The van der Waals surface area contributed by atoms with E-state index >= 15 is 0 Å². The summed E-state index contributed by atoms with van der Waals surface area (Å²) in [7, 11) is 0. The van der Waals surface area contributed by atoms with Crippen LogP contribution >= 0.6 is 0 Å². The van der Waals surface area contributed by atoms with Gasteiger partial charge in [-0.05, 0) is 13.3 Å². The smallest absolute Gasteiger partial charge is 0.167 e. The summed E-state index contributed by atoms with van der Waals surface area (Å²) in [5.41, 5.74) is 6.20. The molecule has 0 radical (unpaired) electrons. The number of nitrogens with two attached hydrogens (primary N) is 1. The summed E-state index contributed by atoms with van der Waals surface area (Å²) in [6, 6.07) is 0. The van der Waals surface area contributed by atoms with E-state index in [0.717, 1.165) is 0 Å². The van der Waals surface area contributed by atoms with Crippen molar-refractivity contribution in [3.05, 3.63) is 12.7 Å². The minimum atomic E-state index is -0.656. The SMILES string of the molecule is C#C[C@H]1C[C@@](C)(CO)O[C@H]1n1cnc2c(N)ncnc21. The normalized spacial score (nSPS) is 29.6. The van der Waals surface area contributed by atoms with Crippen LogP contribution in [0, 0.1) is 18.3 Å². The molecule has 0 aromatic carbocycles. The van der Waals surface area contributed by atoms with Gasteiger partial charge in [0, 0.05) is 0 Å². The van der Waals surface area contributed by atoms with Crippen molar-refractivity contribution < 1.29 is 9.84 Å². The molecule has 7 nitrogen and oxygen atoms in total. The molecule has 3 rings (SSSR count). The van der Waals surface area contributed by atoms with E-state index in [1.54, 1.807) is 10.9 Å². The van der Waals surface area contributed by atoms with Crippen LogP contribution in [0.1, 0.15) is 19.6 Å². The zero-order chi connectivity index (χ0) is 14.3. The van der Waals surface area contributed by atoms with Crippen molar-refractivity contribution >= 4 is 17.0 Å². The van der Waals surface area contributed by atoms with Gasteiger partial charge in [0.2, 0.25) is 0 Å². The molecular weight excluding hydrogens is 258 g/mol. The monoisotopic (exact) mass is 273 g/mol.